The Labute approximate surface area is 163 Å². The second-order valence-corrected chi connectivity index (χ2v) is 7.76. The third kappa shape index (κ3) is 4.14. The lowest BCUT2D eigenvalue weighted by atomic mass is 9.95. The van der Waals surface area contributed by atoms with Gasteiger partial charge in [-0.15, -0.1) is 11.3 Å². The lowest BCUT2D eigenvalue weighted by molar-refractivity contribution is 0.0779. The van der Waals surface area contributed by atoms with E-state index >= 15 is 0 Å². The van der Waals surface area contributed by atoms with Gasteiger partial charge in [-0.2, -0.15) is 0 Å². The van der Waals surface area contributed by atoms with Gasteiger partial charge in [0.1, 0.15) is 0 Å². The summed E-state index contributed by atoms with van der Waals surface area (Å²) in [6.07, 6.45) is 0. The summed E-state index contributed by atoms with van der Waals surface area (Å²) in [4.78, 5) is 32.0. The quantitative estimate of drug-likeness (QED) is 0.611. The average Bonchev–Trinajstić information content (AvgIpc) is 3.07. The Bertz CT molecular complexity index is 1010. The second-order valence-electron chi connectivity index (χ2n) is 6.69. The van der Waals surface area contributed by atoms with Crippen LogP contribution in [0.5, 0.6) is 0 Å². The van der Waals surface area contributed by atoms with E-state index in [-0.39, 0.29) is 11.7 Å². The number of aryl methyl sites for hydroxylation is 3. The summed E-state index contributed by atoms with van der Waals surface area (Å²) in [6.45, 7) is 6.34. The largest absolute Gasteiger partial charge is 0.336 e. The van der Waals surface area contributed by atoms with Crippen molar-refractivity contribution in [3.05, 3.63) is 86.4 Å². The molecule has 3 aromatic rings. The van der Waals surface area contributed by atoms with Crippen molar-refractivity contribution >= 4 is 23.0 Å². The predicted octanol–water partition coefficient (Wildman–Crippen LogP) is 4.57. The molecule has 1 heterocycles. The van der Waals surface area contributed by atoms with Crippen molar-refractivity contribution in [1.29, 1.82) is 0 Å². The Morgan fingerprint density at radius 3 is 2.33 bits per heavy atom. The van der Waals surface area contributed by atoms with Gasteiger partial charge in [0.2, 0.25) is 0 Å². The molecule has 2 aromatic carbocycles. The molecule has 0 saturated carbocycles. The van der Waals surface area contributed by atoms with Gasteiger partial charge in [-0.05, 0) is 44.0 Å². The van der Waals surface area contributed by atoms with Crippen molar-refractivity contribution in [3.8, 4) is 0 Å². The fourth-order valence-electron chi connectivity index (χ4n) is 2.91. The number of carbonyl (C=O) groups excluding carboxylic acids is 2. The van der Waals surface area contributed by atoms with Crippen LogP contribution in [0.3, 0.4) is 0 Å². The Kier molecular flexibility index (Phi) is 5.51. The van der Waals surface area contributed by atoms with E-state index in [0.717, 1.165) is 21.8 Å². The van der Waals surface area contributed by atoms with Crippen molar-refractivity contribution in [2.45, 2.75) is 27.3 Å². The smallest absolute Gasteiger partial charge is 0.254 e. The fraction of sp³-hybridized carbons (Fsp3) is 0.227. The van der Waals surface area contributed by atoms with Gasteiger partial charge in [-0.1, -0.05) is 30.3 Å². The summed E-state index contributed by atoms with van der Waals surface area (Å²) in [5.41, 5.74) is 4.47. The predicted molar refractivity (Wildman–Crippen MR) is 108 cm³/mol. The molecule has 0 spiro atoms. The molecular formula is C22H22N2O2S. The number of thiazole rings is 1. The maximum atomic E-state index is 13.0. The van der Waals surface area contributed by atoms with E-state index < -0.39 is 0 Å². The minimum atomic E-state index is -0.187. The van der Waals surface area contributed by atoms with E-state index in [1.54, 1.807) is 47.5 Å². The SMILES string of the molecule is Cc1nc(CN(C)C(=O)c2ccccc2C(=O)c2ccc(C)c(C)c2)cs1. The topological polar surface area (TPSA) is 50.3 Å². The third-order valence-corrected chi connectivity index (χ3v) is 5.41. The van der Waals surface area contributed by atoms with E-state index in [0.29, 0.717) is 23.2 Å². The van der Waals surface area contributed by atoms with Crippen molar-refractivity contribution in [2.75, 3.05) is 7.05 Å². The second kappa shape index (κ2) is 7.84. The first-order valence-corrected chi connectivity index (χ1v) is 9.62. The van der Waals surface area contributed by atoms with E-state index in [9.17, 15) is 9.59 Å². The highest BCUT2D eigenvalue weighted by Gasteiger charge is 2.21. The Hall–Kier alpha value is -2.79. The highest BCUT2D eigenvalue weighted by atomic mass is 32.1. The van der Waals surface area contributed by atoms with Crippen LogP contribution in [0.2, 0.25) is 0 Å². The van der Waals surface area contributed by atoms with Crippen molar-refractivity contribution < 1.29 is 9.59 Å². The normalized spacial score (nSPS) is 10.7. The van der Waals surface area contributed by atoms with Crippen LogP contribution >= 0.6 is 11.3 Å². The molecule has 0 radical (unpaired) electrons. The summed E-state index contributed by atoms with van der Waals surface area (Å²) in [7, 11) is 1.73. The Balaban J connectivity index is 1.89. The maximum absolute atomic E-state index is 13.0. The molecule has 0 aliphatic rings. The minimum absolute atomic E-state index is 0.139. The maximum Gasteiger partial charge on any atom is 0.254 e. The molecule has 0 atom stereocenters. The molecule has 0 fully saturated rings. The molecule has 0 aliphatic carbocycles. The number of rotatable bonds is 5. The Morgan fingerprint density at radius 2 is 1.70 bits per heavy atom. The van der Waals surface area contributed by atoms with E-state index in [2.05, 4.69) is 4.98 Å². The van der Waals surface area contributed by atoms with Crippen LogP contribution in [0, 0.1) is 20.8 Å². The molecular weight excluding hydrogens is 356 g/mol. The summed E-state index contributed by atoms with van der Waals surface area (Å²) < 4.78 is 0. The molecule has 0 N–H and O–H groups in total. The van der Waals surface area contributed by atoms with E-state index in [1.807, 2.05) is 44.4 Å². The van der Waals surface area contributed by atoms with Crippen LogP contribution in [-0.2, 0) is 6.54 Å². The molecule has 0 aliphatic heterocycles. The monoisotopic (exact) mass is 378 g/mol. The molecule has 1 amide bonds. The molecule has 138 valence electrons. The van der Waals surface area contributed by atoms with Crippen LogP contribution in [0.15, 0.2) is 47.8 Å². The molecule has 5 heteroatoms. The Morgan fingerprint density at radius 1 is 1.00 bits per heavy atom. The summed E-state index contributed by atoms with van der Waals surface area (Å²) in [6, 6.07) is 12.6. The first kappa shape index (κ1) is 19.0. The number of aromatic nitrogens is 1. The first-order chi connectivity index (χ1) is 12.9. The summed E-state index contributed by atoms with van der Waals surface area (Å²) in [5.74, 6) is -0.326. The number of hydrogen-bond donors (Lipinski definition) is 0. The highest BCUT2D eigenvalue weighted by molar-refractivity contribution is 7.09. The van der Waals surface area contributed by atoms with E-state index in [4.69, 9.17) is 0 Å². The lowest BCUT2D eigenvalue weighted by Crippen LogP contribution is -2.28. The first-order valence-electron chi connectivity index (χ1n) is 8.74. The van der Waals surface area contributed by atoms with Crippen molar-refractivity contribution in [1.82, 2.24) is 9.88 Å². The highest BCUT2D eigenvalue weighted by Crippen LogP contribution is 2.19. The zero-order valence-corrected chi connectivity index (χ0v) is 16.8. The minimum Gasteiger partial charge on any atom is -0.336 e. The summed E-state index contributed by atoms with van der Waals surface area (Å²) >= 11 is 1.56. The lowest BCUT2D eigenvalue weighted by Gasteiger charge is -2.18. The van der Waals surface area contributed by atoms with Gasteiger partial charge in [0, 0.05) is 23.6 Å². The van der Waals surface area contributed by atoms with Gasteiger partial charge in [0.15, 0.2) is 5.78 Å². The van der Waals surface area contributed by atoms with Gasteiger partial charge < -0.3 is 4.90 Å². The van der Waals surface area contributed by atoms with Gasteiger partial charge in [-0.3, -0.25) is 9.59 Å². The molecule has 3 rings (SSSR count). The van der Waals surface area contributed by atoms with Crippen LogP contribution in [-0.4, -0.2) is 28.6 Å². The van der Waals surface area contributed by atoms with Gasteiger partial charge in [0.05, 0.1) is 22.8 Å². The molecule has 4 nitrogen and oxygen atoms in total. The molecule has 0 unspecified atom stereocenters. The fourth-order valence-corrected chi connectivity index (χ4v) is 3.51. The summed E-state index contributed by atoms with van der Waals surface area (Å²) in [5, 5.41) is 2.92. The van der Waals surface area contributed by atoms with Crippen molar-refractivity contribution in [3.63, 3.8) is 0 Å². The molecule has 0 bridgehead atoms. The zero-order valence-electron chi connectivity index (χ0n) is 15.9. The van der Waals surface area contributed by atoms with Gasteiger partial charge >= 0.3 is 0 Å². The number of benzene rings is 2. The third-order valence-electron chi connectivity index (χ3n) is 4.58. The number of ketones is 1. The average molecular weight is 378 g/mol. The van der Waals surface area contributed by atoms with E-state index in [1.165, 1.54) is 0 Å². The van der Waals surface area contributed by atoms with Crippen LogP contribution < -0.4 is 0 Å². The molecule has 0 saturated heterocycles. The number of amides is 1. The van der Waals surface area contributed by atoms with Gasteiger partial charge in [-0.25, -0.2) is 4.98 Å². The van der Waals surface area contributed by atoms with Crippen LogP contribution in [0.4, 0.5) is 0 Å². The number of hydrogen-bond acceptors (Lipinski definition) is 4. The molecule has 27 heavy (non-hydrogen) atoms. The van der Waals surface area contributed by atoms with Gasteiger partial charge in [0.25, 0.3) is 5.91 Å². The molecule has 1 aromatic heterocycles. The number of carbonyl (C=O) groups is 2. The number of nitrogens with zero attached hydrogens (tertiary/aromatic N) is 2. The van der Waals surface area contributed by atoms with Crippen molar-refractivity contribution in [2.24, 2.45) is 0 Å². The standard InChI is InChI=1S/C22H22N2O2S/c1-14-9-10-17(11-15(14)2)21(25)19-7-5-6-8-20(19)22(26)24(4)12-18-13-27-16(3)23-18/h5-11,13H,12H2,1-4H3. The van der Waals surface area contributed by atoms with Crippen LogP contribution in [0.1, 0.15) is 48.1 Å². The van der Waals surface area contributed by atoms with Crippen LogP contribution in [0.25, 0.3) is 0 Å². The zero-order chi connectivity index (χ0) is 19.6.